The molecule has 0 saturated carbocycles. The van der Waals surface area contributed by atoms with Crippen LogP contribution in [0.1, 0.15) is 12.5 Å². The Morgan fingerprint density at radius 2 is 2.00 bits per heavy atom. The number of hydrazone groups is 1. The highest BCUT2D eigenvalue weighted by atomic mass is 35.5. The van der Waals surface area contributed by atoms with Crippen LogP contribution in [0, 0.1) is 0 Å². The molecular formula is C13H12Cl2N6O3. The molecule has 0 radical (unpaired) electrons. The Balaban J connectivity index is 2.00. The van der Waals surface area contributed by atoms with Crippen LogP contribution in [-0.2, 0) is 4.79 Å². The number of rotatable bonds is 5. The van der Waals surface area contributed by atoms with Gasteiger partial charge in [-0.2, -0.15) is 5.10 Å². The summed E-state index contributed by atoms with van der Waals surface area (Å²) in [5.41, 5.74) is 1.24. The second-order valence-electron chi connectivity index (χ2n) is 4.59. The van der Waals surface area contributed by atoms with Gasteiger partial charge >= 0.3 is 5.69 Å². The van der Waals surface area contributed by atoms with Crippen LogP contribution in [0.4, 0.5) is 5.82 Å². The maximum atomic E-state index is 11.9. The minimum Gasteiger partial charge on any atom is -0.353 e. The highest BCUT2D eigenvalue weighted by Gasteiger charge is 2.14. The van der Waals surface area contributed by atoms with Crippen molar-refractivity contribution in [1.82, 2.24) is 20.6 Å². The van der Waals surface area contributed by atoms with E-state index in [4.69, 9.17) is 23.2 Å². The van der Waals surface area contributed by atoms with Gasteiger partial charge in [0.05, 0.1) is 16.3 Å². The topological polar surface area (TPSA) is 132 Å². The number of anilines is 1. The van der Waals surface area contributed by atoms with Crippen LogP contribution >= 0.6 is 23.2 Å². The van der Waals surface area contributed by atoms with E-state index in [1.807, 2.05) is 10.1 Å². The highest BCUT2D eigenvalue weighted by molar-refractivity contribution is 6.38. The Morgan fingerprint density at radius 3 is 2.62 bits per heavy atom. The number of aromatic amines is 2. The third-order valence-corrected chi connectivity index (χ3v) is 3.49. The summed E-state index contributed by atoms with van der Waals surface area (Å²) >= 11 is 11.9. The van der Waals surface area contributed by atoms with Gasteiger partial charge in [0, 0.05) is 5.56 Å². The van der Waals surface area contributed by atoms with Crippen LogP contribution in [0.2, 0.25) is 10.0 Å². The van der Waals surface area contributed by atoms with Gasteiger partial charge in [0.25, 0.3) is 11.5 Å². The first-order chi connectivity index (χ1) is 11.4. The van der Waals surface area contributed by atoms with E-state index in [1.165, 1.54) is 13.1 Å². The molecule has 4 N–H and O–H groups in total. The van der Waals surface area contributed by atoms with Gasteiger partial charge in [-0.15, -0.1) is 5.10 Å². The number of H-pyrrole nitrogens is 2. The molecule has 2 rings (SSSR count). The van der Waals surface area contributed by atoms with Gasteiger partial charge < -0.3 is 5.32 Å². The molecule has 0 aliphatic rings. The zero-order chi connectivity index (χ0) is 17.7. The summed E-state index contributed by atoms with van der Waals surface area (Å²) in [4.78, 5) is 36.3. The highest BCUT2D eigenvalue weighted by Crippen LogP contribution is 2.21. The summed E-state index contributed by atoms with van der Waals surface area (Å²) < 4.78 is 0. The molecule has 1 unspecified atom stereocenters. The molecule has 0 fully saturated rings. The maximum absolute atomic E-state index is 11.9. The van der Waals surface area contributed by atoms with Crippen molar-refractivity contribution in [2.75, 3.05) is 5.32 Å². The van der Waals surface area contributed by atoms with Gasteiger partial charge in [0.1, 0.15) is 6.04 Å². The molecule has 0 aliphatic carbocycles. The summed E-state index contributed by atoms with van der Waals surface area (Å²) in [6.45, 7) is 1.49. The molecule has 1 atom stereocenters. The zero-order valence-corrected chi connectivity index (χ0v) is 13.8. The van der Waals surface area contributed by atoms with Crippen molar-refractivity contribution in [3.63, 3.8) is 0 Å². The number of halogens is 2. The smallest absolute Gasteiger partial charge is 0.342 e. The van der Waals surface area contributed by atoms with Gasteiger partial charge in [-0.25, -0.2) is 15.3 Å². The maximum Gasteiger partial charge on any atom is 0.342 e. The molecule has 1 aromatic carbocycles. The molecule has 0 bridgehead atoms. The fraction of sp³-hybridized carbons (Fsp3) is 0.154. The predicted molar refractivity (Wildman–Crippen MR) is 90.8 cm³/mol. The first-order valence-corrected chi connectivity index (χ1v) is 7.36. The Morgan fingerprint density at radius 1 is 1.33 bits per heavy atom. The quantitative estimate of drug-likeness (QED) is 0.454. The third kappa shape index (κ3) is 4.43. The molecule has 0 aliphatic heterocycles. The number of hydrogen-bond acceptors (Lipinski definition) is 6. The van der Waals surface area contributed by atoms with Crippen LogP contribution in [-0.4, -0.2) is 33.3 Å². The lowest BCUT2D eigenvalue weighted by Gasteiger charge is -2.11. The number of amides is 1. The van der Waals surface area contributed by atoms with Gasteiger partial charge in [-0.05, 0) is 19.1 Å². The molecule has 24 heavy (non-hydrogen) atoms. The van der Waals surface area contributed by atoms with E-state index in [0.717, 1.165) is 0 Å². The fourth-order valence-corrected chi connectivity index (χ4v) is 2.10. The second-order valence-corrected chi connectivity index (χ2v) is 5.41. The largest absolute Gasteiger partial charge is 0.353 e. The van der Waals surface area contributed by atoms with Crippen LogP contribution in [0.3, 0.4) is 0 Å². The summed E-state index contributed by atoms with van der Waals surface area (Å²) in [5, 5.41) is 12.6. The van der Waals surface area contributed by atoms with Crippen LogP contribution in [0.15, 0.2) is 32.9 Å². The summed E-state index contributed by atoms with van der Waals surface area (Å²) in [6.07, 6.45) is 1.31. The first-order valence-electron chi connectivity index (χ1n) is 6.61. The number of benzene rings is 1. The lowest BCUT2D eigenvalue weighted by Crippen LogP contribution is -2.38. The average molecular weight is 371 g/mol. The van der Waals surface area contributed by atoms with E-state index < -0.39 is 23.2 Å². The molecule has 9 nitrogen and oxygen atoms in total. The molecule has 126 valence electrons. The minimum atomic E-state index is -0.844. The molecule has 1 heterocycles. The van der Waals surface area contributed by atoms with E-state index in [0.29, 0.717) is 15.6 Å². The van der Waals surface area contributed by atoms with E-state index in [1.54, 1.807) is 18.2 Å². The van der Waals surface area contributed by atoms with Crippen LogP contribution < -0.4 is 22.0 Å². The summed E-state index contributed by atoms with van der Waals surface area (Å²) in [5.74, 6) is -0.739. The molecular weight excluding hydrogens is 359 g/mol. The Hall–Kier alpha value is -2.65. The number of aromatic nitrogens is 3. The summed E-state index contributed by atoms with van der Waals surface area (Å²) in [6, 6.07) is 4.11. The lowest BCUT2D eigenvalue weighted by atomic mass is 10.2. The number of carbonyl (C=O) groups is 1. The molecule has 2 aromatic rings. The third-order valence-electron chi connectivity index (χ3n) is 2.83. The van der Waals surface area contributed by atoms with Crippen molar-refractivity contribution in [3.8, 4) is 0 Å². The monoisotopic (exact) mass is 370 g/mol. The van der Waals surface area contributed by atoms with Crippen molar-refractivity contribution < 1.29 is 4.79 Å². The minimum absolute atomic E-state index is 0.199. The fourth-order valence-electron chi connectivity index (χ4n) is 1.61. The van der Waals surface area contributed by atoms with Gasteiger partial charge in [0.15, 0.2) is 0 Å². The number of hydrogen-bond donors (Lipinski definition) is 4. The van der Waals surface area contributed by atoms with Gasteiger partial charge in [0.2, 0.25) is 5.82 Å². The Bertz CT molecular complexity index is 872. The van der Waals surface area contributed by atoms with E-state index in [2.05, 4.69) is 20.9 Å². The van der Waals surface area contributed by atoms with E-state index in [-0.39, 0.29) is 5.82 Å². The van der Waals surface area contributed by atoms with Crippen molar-refractivity contribution in [3.05, 3.63) is 54.6 Å². The average Bonchev–Trinajstić information content (AvgIpc) is 2.52. The van der Waals surface area contributed by atoms with Crippen LogP contribution in [0.5, 0.6) is 0 Å². The molecule has 11 heteroatoms. The standard InChI is InChI=1S/C13H12Cl2N6O3/c1-6(17-10-12(23)18-13(24)21-19-10)11(22)20-16-5-7-8(14)3-2-4-9(7)15/h2-6H,1H3,(H,17,19)(H,20,22)(H2,18,21,23,24). The molecule has 0 saturated heterocycles. The normalized spacial score (nSPS) is 12.1. The Kier molecular flexibility index (Phi) is 5.72. The second kappa shape index (κ2) is 7.75. The number of nitrogens with one attached hydrogen (secondary N) is 4. The van der Waals surface area contributed by atoms with Gasteiger partial charge in [-0.3, -0.25) is 14.6 Å². The van der Waals surface area contributed by atoms with Gasteiger partial charge in [-0.1, -0.05) is 29.3 Å². The molecule has 1 amide bonds. The van der Waals surface area contributed by atoms with Crippen LogP contribution in [0.25, 0.3) is 0 Å². The van der Waals surface area contributed by atoms with Crippen molar-refractivity contribution in [2.45, 2.75) is 13.0 Å². The first kappa shape index (κ1) is 17.7. The molecule has 1 aromatic heterocycles. The van der Waals surface area contributed by atoms with E-state index >= 15 is 0 Å². The van der Waals surface area contributed by atoms with Crippen molar-refractivity contribution in [2.24, 2.45) is 5.10 Å². The van der Waals surface area contributed by atoms with E-state index in [9.17, 15) is 14.4 Å². The number of nitrogens with zero attached hydrogens (tertiary/aromatic N) is 2. The predicted octanol–water partition coefficient (Wildman–Crippen LogP) is 0.716. The molecule has 0 spiro atoms. The summed E-state index contributed by atoms with van der Waals surface area (Å²) in [7, 11) is 0. The van der Waals surface area contributed by atoms with Crippen molar-refractivity contribution in [1.29, 1.82) is 0 Å². The number of carbonyl (C=O) groups excluding carboxylic acids is 1. The zero-order valence-electron chi connectivity index (χ0n) is 12.3. The SMILES string of the molecule is CC(Nc1n[nH]c(=O)[nH]c1=O)C(=O)NN=Cc1c(Cl)cccc1Cl. The lowest BCUT2D eigenvalue weighted by molar-refractivity contribution is -0.121. The van der Waals surface area contributed by atoms with Crippen molar-refractivity contribution >= 4 is 41.1 Å². The Labute approximate surface area is 145 Å².